The van der Waals surface area contributed by atoms with Gasteiger partial charge in [0.2, 0.25) is 0 Å². The number of hydrogen-bond acceptors (Lipinski definition) is 3. The normalized spacial score (nSPS) is 37.8. The summed E-state index contributed by atoms with van der Waals surface area (Å²) in [5, 5.41) is 2.86. The third-order valence-electron chi connectivity index (χ3n) is 8.03. The second-order valence-electron chi connectivity index (χ2n) is 10.3. The summed E-state index contributed by atoms with van der Waals surface area (Å²) in [6, 6.07) is 9.55. The average molecular weight is 395 g/mol. The summed E-state index contributed by atoms with van der Waals surface area (Å²) in [6.45, 7) is 1.73. The minimum absolute atomic E-state index is 0.0578. The van der Waals surface area contributed by atoms with E-state index in [4.69, 9.17) is 0 Å². The SMILES string of the molecule is CC1(CCc2ccccc2)NC(=O)N(CC(=O)C23CC4CC(CC(C4)C2)C3)C1=O. The smallest absolute Gasteiger partial charge is 0.323 e. The summed E-state index contributed by atoms with van der Waals surface area (Å²) in [5.41, 5.74) is -0.0774. The second kappa shape index (κ2) is 6.68. The van der Waals surface area contributed by atoms with Gasteiger partial charge in [-0.05, 0) is 81.6 Å². The van der Waals surface area contributed by atoms with Gasteiger partial charge in [0.25, 0.3) is 5.91 Å². The molecule has 1 heterocycles. The number of amides is 3. The standard InChI is InChI=1S/C24H30N2O3/c1-23(8-7-16-5-3-2-4-6-16)21(28)26(22(29)25-23)15-20(27)24-12-17-9-18(13-24)11-19(10-17)14-24/h2-6,17-19H,7-15H2,1H3,(H,25,29). The van der Waals surface area contributed by atoms with Crippen molar-refractivity contribution < 1.29 is 14.4 Å². The molecule has 1 aromatic rings. The number of rotatable bonds is 6. The van der Waals surface area contributed by atoms with Crippen LogP contribution in [0.3, 0.4) is 0 Å². The topological polar surface area (TPSA) is 66.5 Å². The number of carbonyl (C=O) groups is 3. The highest BCUT2D eigenvalue weighted by molar-refractivity contribution is 6.09. The van der Waals surface area contributed by atoms with Gasteiger partial charge in [-0.15, -0.1) is 0 Å². The molecule has 4 saturated carbocycles. The van der Waals surface area contributed by atoms with E-state index in [0.29, 0.717) is 30.6 Å². The zero-order chi connectivity index (χ0) is 20.2. The van der Waals surface area contributed by atoms with Crippen molar-refractivity contribution >= 4 is 17.7 Å². The van der Waals surface area contributed by atoms with Gasteiger partial charge in [-0.1, -0.05) is 30.3 Å². The van der Waals surface area contributed by atoms with E-state index in [2.05, 4.69) is 5.32 Å². The van der Waals surface area contributed by atoms with Gasteiger partial charge in [-0.2, -0.15) is 0 Å². The largest absolute Gasteiger partial charge is 0.325 e. The Labute approximate surface area is 172 Å². The van der Waals surface area contributed by atoms with Crippen LogP contribution in [0.15, 0.2) is 30.3 Å². The molecule has 6 rings (SSSR count). The summed E-state index contributed by atoms with van der Waals surface area (Å²) in [6.07, 6.45) is 7.95. The fourth-order valence-corrected chi connectivity index (χ4v) is 6.86. The minimum Gasteiger partial charge on any atom is -0.323 e. The summed E-state index contributed by atoms with van der Waals surface area (Å²) >= 11 is 0. The molecule has 1 atom stereocenters. The van der Waals surface area contributed by atoms with Crippen LogP contribution >= 0.6 is 0 Å². The number of nitrogens with zero attached hydrogens (tertiary/aromatic N) is 1. The average Bonchev–Trinajstić information content (AvgIpc) is 2.90. The molecule has 5 aliphatic rings. The van der Waals surface area contributed by atoms with E-state index in [1.54, 1.807) is 6.92 Å². The maximum absolute atomic E-state index is 13.4. The van der Waals surface area contributed by atoms with Crippen LogP contribution < -0.4 is 5.32 Å². The maximum Gasteiger partial charge on any atom is 0.325 e. The molecule has 0 spiro atoms. The molecule has 5 heteroatoms. The number of ketones is 1. The molecule has 3 amide bonds. The van der Waals surface area contributed by atoms with Crippen LogP contribution in [-0.4, -0.2) is 34.7 Å². The van der Waals surface area contributed by atoms with E-state index in [-0.39, 0.29) is 23.7 Å². The van der Waals surface area contributed by atoms with Gasteiger partial charge in [-0.3, -0.25) is 14.5 Å². The van der Waals surface area contributed by atoms with Crippen molar-refractivity contribution in [2.24, 2.45) is 23.2 Å². The number of hydrogen-bond donors (Lipinski definition) is 1. The van der Waals surface area contributed by atoms with E-state index in [0.717, 1.165) is 24.8 Å². The predicted octanol–water partition coefficient (Wildman–Crippen LogP) is 3.72. The van der Waals surface area contributed by atoms with Crippen LogP contribution in [0.5, 0.6) is 0 Å². The van der Waals surface area contributed by atoms with Crippen molar-refractivity contribution in [2.75, 3.05) is 6.54 Å². The molecule has 1 unspecified atom stereocenters. The minimum atomic E-state index is -0.936. The fraction of sp³-hybridized carbons (Fsp3) is 0.625. The predicted molar refractivity (Wildman–Crippen MR) is 109 cm³/mol. The Balaban J connectivity index is 1.27. The third kappa shape index (κ3) is 3.19. The molecule has 1 aliphatic heterocycles. The van der Waals surface area contributed by atoms with E-state index in [1.807, 2.05) is 30.3 Å². The van der Waals surface area contributed by atoms with Crippen LogP contribution in [0.1, 0.15) is 57.4 Å². The maximum atomic E-state index is 13.4. The first-order valence-corrected chi connectivity index (χ1v) is 11.1. The van der Waals surface area contributed by atoms with Gasteiger partial charge >= 0.3 is 6.03 Å². The first-order chi connectivity index (χ1) is 13.9. The van der Waals surface area contributed by atoms with E-state index in [9.17, 15) is 14.4 Å². The number of nitrogens with one attached hydrogen (secondary N) is 1. The lowest BCUT2D eigenvalue weighted by Crippen LogP contribution is -2.53. The van der Waals surface area contributed by atoms with Crippen molar-refractivity contribution in [3.63, 3.8) is 0 Å². The summed E-state index contributed by atoms with van der Waals surface area (Å²) in [7, 11) is 0. The number of imide groups is 1. The lowest BCUT2D eigenvalue weighted by molar-refractivity contribution is -0.147. The molecule has 0 aromatic heterocycles. The van der Waals surface area contributed by atoms with Crippen LogP contribution in [0.25, 0.3) is 0 Å². The Kier molecular flexibility index (Phi) is 4.34. The number of urea groups is 1. The Morgan fingerprint density at radius 3 is 2.21 bits per heavy atom. The number of aryl methyl sites for hydroxylation is 1. The number of Topliss-reactive ketones (excluding diaryl/α,β-unsaturated/α-hetero) is 1. The van der Waals surface area contributed by atoms with Gasteiger partial charge in [-0.25, -0.2) is 4.79 Å². The van der Waals surface area contributed by atoms with Crippen molar-refractivity contribution in [2.45, 2.75) is 63.8 Å². The molecule has 5 nitrogen and oxygen atoms in total. The van der Waals surface area contributed by atoms with Crippen LogP contribution in [0.4, 0.5) is 4.79 Å². The molecule has 0 radical (unpaired) electrons. The molecule has 4 bridgehead atoms. The first-order valence-electron chi connectivity index (χ1n) is 11.1. The molecular formula is C24H30N2O3. The monoisotopic (exact) mass is 394 g/mol. The molecular weight excluding hydrogens is 364 g/mol. The number of carbonyl (C=O) groups excluding carboxylic acids is 3. The Hall–Kier alpha value is -2.17. The molecule has 5 fully saturated rings. The van der Waals surface area contributed by atoms with Crippen LogP contribution in [0, 0.1) is 23.2 Å². The van der Waals surface area contributed by atoms with E-state index >= 15 is 0 Å². The Morgan fingerprint density at radius 2 is 1.62 bits per heavy atom. The highest BCUT2D eigenvalue weighted by Gasteiger charge is 2.56. The summed E-state index contributed by atoms with van der Waals surface area (Å²) < 4.78 is 0. The quantitative estimate of drug-likeness (QED) is 0.748. The van der Waals surface area contributed by atoms with Gasteiger partial charge in [0.15, 0.2) is 5.78 Å². The van der Waals surface area contributed by atoms with E-state index in [1.165, 1.54) is 24.2 Å². The lowest BCUT2D eigenvalue weighted by Gasteiger charge is -2.56. The van der Waals surface area contributed by atoms with Gasteiger partial charge in [0, 0.05) is 5.41 Å². The van der Waals surface area contributed by atoms with Crippen molar-refractivity contribution in [1.82, 2.24) is 10.2 Å². The van der Waals surface area contributed by atoms with Crippen molar-refractivity contribution in [1.29, 1.82) is 0 Å². The summed E-state index contributed by atoms with van der Waals surface area (Å²) in [5.74, 6) is 1.88. The lowest BCUT2D eigenvalue weighted by atomic mass is 9.48. The molecule has 1 aromatic carbocycles. The summed E-state index contributed by atoms with van der Waals surface area (Å²) in [4.78, 5) is 40.3. The van der Waals surface area contributed by atoms with Crippen molar-refractivity contribution in [3.05, 3.63) is 35.9 Å². The van der Waals surface area contributed by atoms with Crippen LogP contribution in [-0.2, 0) is 16.0 Å². The Morgan fingerprint density at radius 1 is 1.03 bits per heavy atom. The second-order valence-corrected chi connectivity index (χ2v) is 10.3. The fourth-order valence-electron chi connectivity index (χ4n) is 6.86. The zero-order valence-electron chi connectivity index (χ0n) is 17.2. The van der Waals surface area contributed by atoms with Gasteiger partial charge < -0.3 is 5.32 Å². The van der Waals surface area contributed by atoms with Gasteiger partial charge in [0.1, 0.15) is 5.54 Å². The van der Waals surface area contributed by atoms with Crippen molar-refractivity contribution in [3.8, 4) is 0 Å². The first kappa shape index (κ1) is 18.8. The van der Waals surface area contributed by atoms with E-state index < -0.39 is 11.6 Å². The molecule has 154 valence electrons. The third-order valence-corrected chi connectivity index (χ3v) is 8.03. The van der Waals surface area contributed by atoms with Gasteiger partial charge in [0.05, 0.1) is 6.54 Å². The zero-order valence-corrected chi connectivity index (χ0v) is 17.2. The Bertz CT molecular complexity index is 814. The molecule has 1 N–H and O–H groups in total. The van der Waals surface area contributed by atoms with Crippen LogP contribution in [0.2, 0.25) is 0 Å². The molecule has 1 saturated heterocycles. The highest BCUT2D eigenvalue weighted by Crippen LogP contribution is 2.60. The highest BCUT2D eigenvalue weighted by atomic mass is 16.2. The molecule has 4 aliphatic carbocycles. The molecule has 29 heavy (non-hydrogen) atoms. The number of benzene rings is 1.